The first-order chi connectivity index (χ1) is 10.1. The average molecular weight is 287 g/mol. The molecule has 0 aliphatic carbocycles. The number of rotatable bonds is 6. The molecule has 2 rings (SSSR count). The van der Waals surface area contributed by atoms with Gasteiger partial charge in [-0.2, -0.15) is 0 Å². The van der Waals surface area contributed by atoms with E-state index < -0.39 is 0 Å². The second-order valence-corrected chi connectivity index (χ2v) is 5.62. The maximum absolute atomic E-state index is 13.8. The highest BCUT2D eigenvalue weighted by atomic mass is 19.1. The summed E-state index contributed by atoms with van der Waals surface area (Å²) in [5.74, 6) is 1.12. The minimum absolute atomic E-state index is 0.105. The summed E-state index contributed by atoms with van der Waals surface area (Å²) in [4.78, 5) is 0. The van der Waals surface area contributed by atoms with Gasteiger partial charge in [0, 0.05) is 17.3 Å². The fourth-order valence-corrected chi connectivity index (χ4v) is 2.09. The molecule has 0 spiro atoms. The highest BCUT2D eigenvalue weighted by Crippen LogP contribution is 2.24. The molecule has 0 saturated heterocycles. The third-order valence-electron chi connectivity index (χ3n) is 3.17. The van der Waals surface area contributed by atoms with Crippen LogP contribution in [0.5, 0.6) is 5.75 Å². The lowest BCUT2D eigenvalue weighted by atomic mass is 10.1. The third-order valence-corrected chi connectivity index (χ3v) is 3.17. The summed E-state index contributed by atoms with van der Waals surface area (Å²) in [7, 11) is 0. The van der Waals surface area contributed by atoms with Gasteiger partial charge in [-0.1, -0.05) is 38.1 Å². The SMILES string of the molecule is CC(C)COc1cccc(NC(C)c2ccccc2F)c1. The zero-order chi connectivity index (χ0) is 15.2. The van der Waals surface area contributed by atoms with Crippen LogP contribution in [0.4, 0.5) is 10.1 Å². The van der Waals surface area contributed by atoms with Crippen LogP contribution in [0.15, 0.2) is 48.5 Å². The van der Waals surface area contributed by atoms with Crippen LogP contribution in [0.2, 0.25) is 0 Å². The van der Waals surface area contributed by atoms with Crippen LogP contribution < -0.4 is 10.1 Å². The Morgan fingerprint density at radius 1 is 1.05 bits per heavy atom. The van der Waals surface area contributed by atoms with E-state index in [1.165, 1.54) is 6.07 Å². The standard InChI is InChI=1S/C18H22FNO/c1-13(2)12-21-16-8-6-7-15(11-16)20-14(3)17-9-4-5-10-18(17)19/h4-11,13-14,20H,12H2,1-3H3. The van der Waals surface area contributed by atoms with E-state index in [4.69, 9.17) is 4.74 Å². The molecule has 0 aliphatic heterocycles. The van der Waals surface area contributed by atoms with Crippen molar-refractivity contribution in [2.45, 2.75) is 26.8 Å². The van der Waals surface area contributed by atoms with E-state index in [-0.39, 0.29) is 11.9 Å². The van der Waals surface area contributed by atoms with Crippen molar-refractivity contribution in [1.82, 2.24) is 0 Å². The molecule has 0 radical (unpaired) electrons. The lowest BCUT2D eigenvalue weighted by Crippen LogP contribution is -2.09. The molecule has 0 fully saturated rings. The van der Waals surface area contributed by atoms with E-state index in [9.17, 15) is 4.39 Å². The largest absolute Gasteiger partial charge is 0.493 e. The lowest BCUT2D eigenvalue weighted by molar-refractivity contribution is 0.271. The molecule has 0 amide bonds. The highest BCUT2D eigenvalue weighted by molar-refractivity contribution is 5.49. The van der Waals surface area contributed by atoms with Crippen molar-refractivity contribution in [2.24, 2.45) is 5.92 Å². The summed E-state index contributed by atoms with van der Waals surface area (Å²) in [6.07, 6.45) is 0. The van der Waals surface area contributed by atoms with Crippen molar-refractivity contribution in [2.75, 3.05) is 11.9 Å². The molecule has 2 aromatic carbocycles. The molecule has 21 heavy (non-hydrogen) atoms. The Kier molecular flexibility index (Phi) is 5.20. The van der Waals surface area contributed by atoms with Crippen molar-refractivity contribution >= 4 is 5.69 Å². The molecule has 112 valence electrons. The van der Waals surface area contributed by atoms with Crippen molar-refractivity contribution in [1.29, 1.82) is 0 Å². The quantitative estimate of drug-likeness (QED) is 0.804. The Labute approximate surface area is 126 Å². The minimum Gasteiger partial charge on any atom is -0.493 e. The smallest absolute Gasteiger partial charge is 0.128 e. The van der Waals surface area contributed by atoms with Gasteiger partial charge in [0.2, 0.25) is 0 Å². The predicted octanol–water partition coefficient (Wildman–Crippen LogP) is 5.03. The number of nitrogens with one attached hydrogen (secondary N) is 1. The minimum atomic E-state index is -0.190. The van der Waals surface area contributed by atoms with Crippen LogP contribution in [0.1, 0.15) is 32.4 Å². The summed E-state index contributed by atoms with van der Waals surface area (Å²) >= 11 is 0. The maximum Gasteiger partial charge on any atom is 0.128 e. The number of halogens is 1. The topological polar surface area (TPSA) is 21.3 Å². The molecule has 3 heteroatoms. The van der Waals surface area contributed by atoms with Crippen LogP contribution in [-0.4, -0.2) is 6.61 Å². The summed E-state index contributed by atoms with van der Waals surface area (Å²) < 4.78 is 19.5. The van der Waals surface area contributed by atoms with Gasteiger partial charge in [-0.05, 0) is 31.0 Å². The molecular formula is C18H22FNO. The summed E-state index contributed by atoms with van der Waals surface area (Å²) in [6, 6.07) is 14.5. The zero-order valence-corrected chi connectivity index (χ0v) is 12.8. The van der Waals surface area contributed by atoms with E-state index >= 15 is 0 Å². The maximum atomic E-state index is 13.8. The fraction of sp³-hybridized carbons (Fsp3) is 0.333. The van der Waals surface area contributed by atoms with Crippen LogP contribution in [0.3, 0.4) is 0 Å². The van der Waals surface area contributed by atoms with Crippen molar-refractivity contribution in [3.8, 4) is 5.75 Å². The average Bonchev–Trinajstić information content (AvgIpc) is 2.46. The van der Waals surface area contributed by atoms with Crippen molar-refractivity contribution in [3.05, 3.63) is 59.9 Å². The number of hydrogen-bond donors (Lipinski definition) is 1. The molecule has 2 aromatic rings. The van der Waals surface area contributed by atoms with Gasteiger partial charge in [-0.15, -0.1) is 0 Å². The second-order valence-electron chi connectivity index (χ2n) is 5.62. The third kappa shape index (κ3) is 4.48. The zero-order valence-electron chi connectivity index (χ0n) is 12.8. The van der Waals surface area contributed by atoms with E-state index in [1.807, 2.05) is 37.3 Å². The molecule has 0 heterocycles. The van der Waals surface area contributed by atoms with E-state index in [0.717, 1.165) is 11.4 Å². The molecule has 1 atom stereocenters. The van der Waals surface area contributed by atoms with Crippen LogP contribution in [-0.2, 0) is 0 Å². The van der Waals surface area contributed by atoms with Crippen molar-refractivity contribution in [3.63, 3.8) is 0 Å². The molecule has 0 aromatic heterocycles. The molecular weight excluding hydrogens is 265 g/mol. The second kappa shape index (κ2) is 7.11. The van der Waals surface area contributed by atoms with Crippen molar-refractivity contribution < 1.29 is 9.13 Å². The lowest BCUT2D eigenvalue weighted by Gasteiger charge is -2.17. The van der Waals surface area contributed by atoms with Gasteiger partial charge in [0.25, 0.3) is 0 Å². The first kappa shape index (κ1) is 15.4. The molecule has 1 N–H and O–H groups in total. The predicted molar refractivity (Wildman–Crippen MR) is 85.2 cm³/mol. The Hall–Kier alpha value is -2.03. The Bertz CT molecular complexity index is 583. The number of benzene rings is 2. The van der Waals surface area contributed by atoms with Gasteiger partial charge < -0.3 is 10.1 Å². The van der Waals surface area contributed by atoms with E-state index in [0.29, 0.717) is 18.1 Å². The summed E-state index contributed by atoms with van der Waals surface area (Å²) in [6.45, 7) is 6.86. The number of anilines is 1. The fourth-order valence-electron chi connectivity index (χ4n) is 2.09. The van der Waals surface area contributed by atoms with Gasteiger partial charge in [0.05, 0.1) is 12.6 Å². The van der Waals surface area contributed by atoms with Crippen LogP contribution >= 0.6 is 0 Å². The number of hydrogen-bond acceptors (Lipinski definition) is 2. The van der Waals surface area contributed by atoms with E-state index in [2.05, 4.69) is 19.2 Å². The molecule has 0 aliphatic rings. The van der Waals surface area contributed by atoms with Gasteiger partial charge in [-0.3, -0.25) is 0 Å². The Balaban J connectivity index is 2.05. The summed E-state index contributed by atoms with van der Waals surface area (Å²) in [5, 5.41) is 3.31. The van der Waals surface area contributed by atoms with Gasteiger partial charge in [0.1, 0.15) is 11.6 Å². The van der Waals surface area contributed by atoms with Gasteiger partial charge >= 0.3 is 0 Å². The monoisotopic (exact) mass is 287 g/mol. The summed E-state index contributed by atoms with van der Waals surface area (Å²) in [5.41, 5.74) is 1.58. The Morgan fingerprint density at radius 3 is 2.52 bits per heavy atom. The molecule has 1 unspecified atom stereocenters. The number of ether oxygens (including phenoxy) is 1. The molecule has 0 saturated carbocycles. The normalized spacial score (nSPS) is 12.2. The van der Waals surface area contributed by atoms with Gasteiger partial charge in [-0.25, -0.2) is 4.39 Å². The molecule has 0 bridgehead atoms. The van der Waals surface area contributed by atoms with Crippen LogP contribution in [0, 0.1) is 11.7 Å². The first-order valence-corrected chi connectivity index (χ1v) is 7.30. The molecule has 2 nitrogen and oxygen atoms in total. The highest BCUT2D eigenvalue weighted by Gasteiger charge is 2.10. The van der Waals surface area contributed by atoms with Gasteiger partial charge in [0.15, 0.2) is 0 Å². The Morgan fingerprint density at radius 2 is 1.81 bits per heavy atom. The van der Waals surface area contributed by atoms with Crippen LogP contribution in [0.25, 0.3) is 0 Å². The first-order valence-electron chi connectivity index (χ1n) is 7.30. The van der Waals surface area contributed by atoms with E-state index in [1.54, 1.807) is 12.1 Å².